The molecule has 0 bridgehead atoms. The van der Waals surface area contributed by atoms with Gasteiger partial charge in [0.1, 0.15) is 11.4 Å². The molecule has 0 unspecified atom stereocenters. The van der Waals surface area contributed by atoms with Crippen LogP contribution in [0.2, 0.25) is 0 Å². The van der Waals surface area contributed by atoms with E-state index in [1.54, 1.807) is 6.07 Å². The number of nitrogens with zero attached hydrogens (tertiary/aromatic N) is 3. The number of para-hydroxylation sites is 1. The molecule has 2 rings (SSSR count). The number of anilines is 1. The van der Waals surface area contributed by atoms with Crippen molar-refractivity contribution >= 4 is 23.3 Å². The van der Waals surface area contributed by atoms with Gasteiger partial charge in [-0.15, -0.1) is 0 Å². The summed E-state index contributed by atoms with van der Waals surface area (Å²) in [4.78, 5) is 20.1. The number of non-ortho nitro benzene ring substituents is 1. The van der Waals surface area contributed by atoms with Crippen LogP contribution in [0.1, 0.15) is 5.56 Å². The summed E-state index contributed by atoms with van der Waals surface area (Å²) in [7, 11) is 0. The number of ether oxygens (including phenoxy) is 1. The lowest BCUT2D eigenvalue weighted by molar-refractivity contribution is -0.393. The molecule has 11 heteroatoms. The van der Waals surface area contributed by atoms with Crippen molar-refractivity contribution in [1.82, 2.24) is 0 Å². The first-order valence-corrected chi connectivity index (χ1v) is 6.64. The van der Waals surface area contributed by atoms with Crippen LogP contribution >= 0.6 is 0 Å². The second-order valence-corrected chi connectivity index (χ2v) is 4.50. The third-order valence-electron chi connectivity index (χ3n) is 2.91. The molecule has 0 heterocycles. The van der Waals surface area contributed by atoms with E-state index in [1.165, 1.54) is 18.2 Å². The van der Waals surface area contributed by atoms with E-state index >= 15 is 0 Å². The van der Waals surface area contributed by atoms with Crippen LogP contribution in [-0.4, -0.2) is 22.7 Å². The maximum Gasteiger partial charge on any atom is 0.387 e. The number of nitro benzene ring substituents is 2. The highest BCUT2D eigenvalue weighted by atomic mass is 19.3. The van der Waals surface area contributed by atoms with Crippen molar-refractivity contribution in [2.45, 2.75) is 6.61 Å². The second-order valence-electron chi connectivity index (χ2n) is 4.50. The molecule has 0 saturated heterocycles. The Morgan fingerprint density at radius 2 is 1.84 bits per heavy atom. The van der Waals surface area contributed by atoms with Gasteiger partial charge in [0.05, 0.1) is 22.1 Å². The van der Waals surface area contributed by atoms with E-state index in [-0.39, 0.29) is 17.0 Å². The lowest BCUT2D eigenvalue weighted by Gasteiger charge is -2.07. The summed E-state index contributed by atoms with van der Waals surface area (Å²) in [6.07, 6.45) is 1.13. The number of nitrogens with one attached hydrogen (secondary N) is 1. The van der Waals surface area contributed by atoms with Gasteiger partial charge in [0.25, 0.3) is 5.69 Å². The normalized spacial score (nSPS) is 10.8. The number of rotatable bonds is 7. The molecular formula is C14H10F2N4O5. The van der Waals surface area contributed by atoms with Gasteiger partial charge in [0.2, 0.25) is 0 Å². The summed E-state index contributed by atoms with van der Waals surface area (Å²) in [5, 5.41) is 25.4. The van der Waals surface area contributed by atoms with Gasteiger partial charge < -0.3 is 4.74 Å². The van der Waals surface area contributed by atoms with Gasteiger partial charge in [-0.05, 0) is 18.2 Å². The molecule has 0 aromatic heterocycles. The highest BCUT2D eigenvalue weighted by Gasteiger charge is 2.19. The predicted octanol–water partition coefficient (Wildman–Crippen LogP) is 3.55. The Balaban J connectivity index is 2.23. The molecule has 0 aliphatic rings. The monoisotopic (exact) mass is 352 g/mol. The lowest BCUT2D eigenvalue weighted by Crippen LogP contribution is -2.04. The minimum absolute atomic E-state index is 0.0980. The fourth-order valence-corrected chi connectivity index (χ4v) is 1.84. The van der Waals surface area contributed by atoms with E-state index in [0.29, 0.717) is 0 Å². The summed E-state index contributed by atoms with van der Waals surface area (Å²) >= 11 is 0. The topological polar surface area (TPSA) is 120 Å². The summed E-state index contributed by atoms with van der Waals surface area (Å²) < 4.78 is 29.0. The van der Waals surface area contributed by atoms with Gasteiger partial charge in [-0.1, -0.05) is 12.1 Å². The number of hydrazone groups is 1. The van der Waals surface area contributed by atoms with Gasteiger partial charge in [-0.25, -0.2) is 0 Å². The lowest BCUT2D eigenvalue weighted by atomic mass is 10.2. The molecule has 0 radical (unpaired) electrons. The van der Waals surface area contributed by atoms with Gasteiger partial charge in [-0.2, -0.15) is 13.9 Å². The molecule has 0 aliphatic heterocycles. The van der Waals surface area contributed by atoms with Crippen molar-refractivity contribution in [3.05, 3.63) is 68.3 Å². The molecule has 0 saturated carbocycles. The van der Waals surface area contributed by atoms with Crippen LogP contribution in [0, 0.1) is 20.2 Å². The van der Waals surface area contributed by atoms with Crippen molar-refractivity contribution in [3.63, 3.8) is 0 Å². The molecule has 0 atom stereocenters. The van der Waals surface area contributed by atoms with E-state index in [0.717, 1.165) is 24.4 Å². The van der Waals surface area contributed by atoms with E-state index < -0.39 is 27.8 Å². The zero-order chi connectivity index (χ0) is 18.4. The Hall–Kier alpha value is -3.63. The maximum absolute atomic E-state index is 12.3. The van der Waals surface area contributed by atoms with Crippen molar-refractivity contribution in [3.8, 4) is 5.75 Å². The van der Waals surface area contributed by atoms with Crippen LogP contribution in [0.25, 0.3) is 0 Å². The first-order chi connectivity index (χ1) is 11.9. The van der Waals surface area contributed by atoms with Crippen LogP contribution in [0.4, 0.5) is 25.8 Å². The largest absolute Gasteiger partial charge is 0.434 e. The summed E-state index contributed by atoms with van der Waals surface area (Å²) in [6, 6.07) is 8.78. The second kappa shape index (κ2) is 7.77. The zero-order valence-electron chi connectivity index (χ0n) is 12.3. The highest BCUT2D eigenvalue weighted by molar-refractivity contribution is 5.84. The first kappa shape index (κ1) is 17.7. The average molecular weight is 352 g/mol. The molecule has 2 aromatic carbocycles. The molecule has 2 aromatic rings. The zero-order valence-corrected chi connectivity index (χ0v) is 12.3. The van der Waals surface area contributed by atoms with Gasteiger partial charge >= 0.3 is 12.3 Å². The van der Waals surface area contributed by atoms with Crippen LogP contribution in [0.3, 0.4) is 0 Å². The number of halogens is 2. The van der Waals surface area contributed by atoms with E-state index in [2.05, 4.69) is 15.3 Å². The van der Waals surface area contributed by atoms with Crippen molar-refractivity contribution in [2.24, 2.45) is 5.10 Å². The Kier molecular flexibility index (Phi) is 5.50. The Morgan fingerprint density at radius 1 is 1.12 bits per heavy atom. The fourth-order valence-electron chi connectivity index (χ4n) is 1.84. The molecule has 25 heavy (non-hydrogen) atoms. The van der Waals surface area contributed by atoms with Crippen molar-refractivity contribution in [1.29, 1.82) is 0 Å². The van der Waals surface area contributed by atoms with Crippen LogP contribution in [0.15, 0.2) is 47.6 Å². The fraction of sp³-hybridized carbons (Fsp3) is 0.0714. The highest BCUT2D eigenvalue weighted by Crippen LogP contribution is 2.29. The van der Waals surface area contributed by atoms with Gasteiger partial charge in [-0.3, -0.25) is 25.7 Å². The third-order valence-corrected chi connectivity index (χ3v) is 2.91. The quantitative estimate of drug-likeness (QED) is 0.462. The standard InChI is InChI=1S/C14H10F2N4O5/c15-14(16)25-13-4-2-1-3-9(13)8-17-18-11-6-5-10(19(21)22)7-12(11)20(23)24/h1-8,14,18H. The molecule has 0 fully saturated rings. The molecule has 130 valence electrons. The maximum atomic E-state index is 12.3. The summed E-state index contributed by atoms with van der Waals surface area (Å²) in [5.74, 6) is -0.124. The smallest absolute Gasteiger partial charge is 0.387 e. The Morgan fingerprint density at radius 3 is 2.48 bits per heavy atom. The molecule has 0 aliphatic carbocycles. The number of alkyl halides is 2. The number of benzene rings is 2. The van der Waals surface area contributed by atoms with E-state index in [1.807, 2.05) is 0 Å². The molecular weight excluding hydrogens is 342 g/mol. The van der Waals surface area contributed by atoms with Crippen LogP contribution in [0.5, 0.6) is 5.75 Å². The average Bonchev–Trinajstić information content (AvgIpc) is 2.55. The van der Waals surface area contributed by atoms with E-state index in [4.69, 9.17) is 0 Å². The van der Waals surface area contributed by atoms with Crippen LogP contribution in [-0.2, 0) is 0 Å². The predicted molar refractivity (Wildman–Crippen MR) is 84.0 cm³/mol. The number of hydrogen-bond acceptors (Lipinski definition) is 7. The Bertz CT molecular complexity index is 829. The van der Waals surface area contributed by atoms with E-state index in [9.17, 15) is 29.0 Å². The Labute approximate surface area is 138 Å². The molecule has 1 N–H and O–H groups in total. The van der Waals surface area contributed by atoms with Crippen molar-refractivity contribution in [2.75, 3.05) is 5.43 Å². The van der Waals surface area contributed by atoms with Crippen LogP contribution < -0.4 is 10.2 Å². The summed E-state index contributed by atoms with van der Waals surface area (Å²) in [6.45, 7) is -3.02. The minimum Gasteiger partial charge on any atom is -0.434 e. The van der Waals surface area contributed by atoms with Crippen molar-refractivity contribution < 1.29 is 23.4 Å². The van der Waals surface area contributed by atoms with Gasteiger partial charge in [0, 0.05) is 11.6 Å². The molecule has 0 amide bonds. The molecule has 9 nitrogen and oxygen atoms in total. The first-order valence-electron chi connectivity index (χ1n) is 6.64. The van der Waals surface area contributed by atoms with Gasteiger partial charge in [0.15, 0.2) is 0 Å². The SMILES string of the molecule is O=[N+]([O-])c1ccc(NN=Cc2ccccc2OC(F)F)c([N+](=O)[O-])c1. The number of hydrogen-bond donors (Lipinski definition) is 1. The molecule has 0 spiro atoms. The summed E-state index contributed by atoms with van der Waals surface area (Å²) in [5.41, 5.74) is 1.46. The number of nitro groups is 2. The third kappa shape index (κ3) is 4.67. The minimum atomic E-state index is -3.02.